The fourth-order valence-electron chi connectivity index (χ4n) is 1.63. The lowest BCUT2D eigenvalue weighted by Gasteiger charge is -2.07. The number of pyridine rings is 1. The van der Waals surface area contributed by atoms with Gasteiger partial charge in [-0.1, -0.05) is 19.9 Å². The van der Waals surface area contributed by atoms with E-state index in [1.807, 2.05) is 22.6 Å². The Morgan fingerprint density at radius 1 is 1.33 bits per heavy atom. The second kappa shape index (κ2) is 3.88. The van der Waals surface area contributed by atoms with E-state index >= 15 is 0 Å². The van der Waals surface area contributed by atoms with E-state index in [9.17, 15) is 0 Å². The number of methoxy groups -OCH3 is 1. The number of hydrogen-bond acceptors (Lipinski definition) is 3. The van der Waals surface area contributed by atoms with Crippen molar-refractivity contribution in [3.8, 4) is 5.88 Å². The van der Waals surface area contributed by atoms with E-state index in [-0.39, 0.29) is 0 Å². The normalized spacial score (nSPS) is 11.2. The van der Waals surface area contributed by atoms with Gasteiger partial charge in [-0.05, 0) is 18.1 Å². The fourth-order valence-corrected chi connectivity index (χ4v) is 1.63. The molecule has 0 aliphatic rings. The maximum Gasteiger partial charge on any atom is 0.200 e. The lowest BCUT2D eigenvalue weighted by molar-refractivity contribution is 0.389. The Morgan fingerprint density at radius 2 is 2.13 bits per heavy atom. The molecule has 0 unspecified atom stereocenters. The topological polar surface area (TPSA) is 39.4 Å². The van der Waals surface area contributed by atoms with E-state index in [0.29, 0.717) is 5.92 Å². The van der Waals surface area contributed by atoms with Crippen LogP contribution >= 0.6 is 0 Å². The molecule has 0 bridgehead atoms. The molecule has 0 aliphatic carbocycles. The molecule has 0 fully saturated rings. The highest BCUT2D eigenvalue weighted by Crippen LogP contribution is 2.16. The molecule has 2 rings (SSSR count). The van der Waals surface area contributed by atoms with Crippen LogP contribution in [0, 0.1) is 5.92 Å². The van der Waals surface area contributed by atoms with E-state index in [4.69, 9.17) is 4.74 Å². The van der Waals surface area contributed by atoms with Gasteiger partial charge < -0.3 is 4.74 Å². The molecule has 0 aromatic carbocycles. The molecule has 0 radical (unpaired) electrons. The summed E-state index contributed by atoms with van der Waals surface area (Å²) >= 11 is 0. The molecule has 2 heterocycles. The third-order valence-corrected chi connectivity index (χ3v) is 2.26. The van der Waals surface area contributed by atoms with Crippen LogP contribution in [0.4, 0.5) is 0 Å². The van der Waals surface area contributed by atoms with Crippen molar-refractivity contribution in [2.45, 2.75) is 20.3 Å². The lowest BCUT2D eigenvalue weighted by Crippen LogP contribution is -2.02. The predicted octanol–water partition coefficient (Wildman–Crippen LogP) is 1.94. The quantitative estimate of drug-likeness (QED) is 0.768. The second-order valence-corrected chi connectivity index (χ2v) is 3.98. The monoisotopic (exact) mass is 205 g/mol. The Labute approximate surface area is 88.9 Å². The van der Waals surface area contributed by atoms with Crippen molar-refractivity contribution in [3.05, 3.63) is 24.0 Å². The van der Waals surface area contributed by atoms with Crippen LogP contribution in [-0.4, -0.2) is 21.7 Å². The number of ether oxygens (including phenoxy) is 1. The lowest BCUT2D eigenvalue weighted by atomic mass is 10.1. The van der Waals surface area contributed by atoms with Crippen LogP contribution in [0.25, 0.3) is 5.65 Å². The van der Waals surface area contributed by atoms with Gasteiger partial charge in [-0.3, -0.25) is 0 Å². The summed E-state index contributed by atoms with van der Waals surface area (Å²) in [5, 5.41) is 8.29. The number of aromatic nitrogens is 3. The van der Waals surface area contributed by atoms with Crippen molar-refractivity contribution in [2.75, 3.05) is 7.11 Å². The Kier molecular flexibility index (Phi) is 2.58. The zero-order valence-corrected chi connectivity index (χ0v) is 9.27. The van der Waals surface area contributed by atoms with Gasteiger partial charge in [0.05, 0.1) is 7.11 Å². The Balaban J connectivity index is 2.55. The molecule has 0 saturated heterocycles. The summed E-state index contributed by atoms with van der Waals surface area (Å²) in [7, 11) is 1.66. The highest BCUT2D eigenvalue weighted by atomic mass is 16.5. The molecule has 4 nitrogen and oxygen atoms in total. The maximum atomic E-state index is 5.29. The van der Waals surface area contributed by atoms with Crippen LogP contribution in [0.1, 0.15) is 19.7 Å². The maximum absolute atomic E-state index is 5.29. The van der Waals surface area contributed by atoms with Crippen LogP contribution < -0.4 is 4.74 Å². The summed E-state index contributed by atoms with van der Waals surface area (Å²) in [4.78, 5) is 0. The van der Waals surface area contributed by atoms with E-state index in [1.165, 1.54) is 0 Å². The summed E-state index contributed by atoms with van der Waals surface area (Å²) in [6.45, 7) is 4.33. The average molecular weight is 205 g/mol. The van der Waals surface area contributed by atoms with Gasteiger partial charge >= 0.3 is 0 Å². The van der Waals surface area contributed by atoms with E-state index in [0.717, 1.165) is 23.8 Å². The van der Waals surface area contributed by atoms with Crippen molar-refractivity contribution >= 4 is 5.65 Å². The average Bonchev–Trinajstić information content (AvgIpc) is 2.61. The van der Waals surface area contributed by atoms with Gasteiger partial charge in [0.2, 0.25) is 5.88 Å². The number of rotatable bonds is 3. The minimum absolute atomic E-state index is 0.558. The van der Waals surface area contributed by atoms with Crippen molar-refractivity contribution in [1.29, 1.82) is 0 Å². The highest BCUT2D eigenvalue weighted by Gasteiger charge is 2.10. The van der Waals surface area contributed by atoms with Gasteiger partial charge in [0.25, 0.3) is 0 Å². The molecular formula is C11H15N3O. The molecule has 0 atom stereocenters. The van der Waals surface area contributed by atoms with Gasteiger partial charge in [0.15, 0.2) is 5.65 Å². The first-order valence-corrected chi connectivity index (χ1v) is 5.09. The molecule has 0 N–H and O–H groups in total. The molecule has 4 heteroatoms. The standard InChI is InChI=1S/C11H15N3O/c1-8(2)7-10-13-12-9-5-4-6-11(15-3)14(9)10/h4-6,8H,7H2,1-3H3. The summed E-state index contributed by atoms with van der Waals surface area (Å²) in [6, 6.07) is 5.77. The van der Waals surface area contributed by atoms with Crippen LogP contribution in [-0.2, 0) is 6.42 Å². The second-order valence-electron chi connectivity index (χ2n) is 3.98. The molecule has 80 valence electrons. The van der Waals surface area contributed by atoms with Crippen LogP contribution in [0.15, 0.2) is 18.2 Å². The van der Waals surface area contributed by atoms with E-state index in [1.54, 1.807) is 7.11 Å². The third kappa shape index (κ3) is 1.79. The van der Waals surface area contributed by atoms with Crippen molar-refractivity contribution in [1.82, 2.24) is 14.6 Å². The predicted molar refractivity (Wildman–Crippen MR) is 58.1 cm³/mol. The molecular weight excluding hydrogens is 190 g/mol. The Hall–Kier alpha value is -1.58. The summed E-state index contributed by atoms with van der Waals surface area (Å²) in [5.41, 5.74) is 0.838. The zero-order valence-electron chi connectivity index (χ0n) is 9.27. The van der Waals surface area contributed by atoms with Gasteiger partial charge in [0.1, 0.15) is 5.82 Å². The largest absolute Gasteiger partial charge is 0.482 e. The number of hydrogen-bond donors (Lipinski definition) is 0. The van der Waals surface area contributed by atoms with Crippen molar-refractivity contribution in [3.63, 3.8) is 0 Å². The van der Waals surface area contributed by atoms with Crippen molar-refractivity contribution in [2.24, 2.45) is 5.92 Å². The number of fused-ring (bicyclic) bond motifs is 1. The molecule has 0 aliphatic heterocycles. The summed E-state index contributed by atoms with van der Waals surface area (Å²) < 4.78 is 7.25. The smallest absolute Gasteiger partial charge is 0.200 e. The number of nitrogens with zero attached hydrogens (tertiary/aromatic N) is 3. The van der Waals surface area contributed by atoms with Crippen LogP contribution in [0.2, 0.25) is 0 Å². The first-order chi connectivity index (χ1) is 7.22. The molecule has 0 amide bonds. The molecule has 0 saturated carbocycles. The van der Waals surface area contributed by atoms with Gasteiger partial charge in [-0.15, -0.1) is 10.2 Å². The zero-order chi connectivity index (χ0) is 10.8. The minimum atomic E-state index is 0.558. The first-order valence-electron chi connectivity index (χ1n) is 5.09. The fraction of sp³-hybridized carbons (Fsp3) is 0.455. The van der Waals surface area contributed by atoms with Gasteiger partial charge in [0, 0.05) is 6.42 Å². The Morgan fingerprint density at radius 3 is 2.80 bits per heavy atom. The molecule has 2 aromatic rings. The molecule has 15 heavy (non-hydrogen) atoms. The SMILES string of the molecule is COc1cccc2nnc(CC(C)C)n12. The first kappa shape index (κ1) is 9.96. The summed E-state index contributed by atoms with van der Waals surface area (Å²) in [6.07, 6.45) is 0.904. The van der Waals surface area contributed by atoms with Gasteiger partial charge in [-0.2, -0.15) is 0 Å². The van der Waals surface area contributed by atoms with Crippen LogP contribution in [0.3, 0.4) is 0 Å². The summed E-state index contributed by atoms with van der Waals surface area (Å²) in [5.74, 6) is 2.30. The third-order valence-electron chi connectivity index (χ3n) is 2.26. The minimum Gasteiger partial charge on any atom is -0.482 e. The van der Waals surface area contributed by atoms with Crippen molar-refractivity contribution < 1.29 is 4.74 Å². The van der Waals surface area contributed by atoms with Crippen LogP contribution in [0.5, 0.6) is 5.88 Å². The van der Waals surface area contributed by atoms with E-state index in [2.05, 4.69) is 24.0 Å². The molecule has 2 aromatic heterocycles. The van der Waals surface area contributed by atoms with E-state index < -0.39 is 0 Å². The highest BCUT2D eigenvalue weighted by molar-refractivity contribution is 5.42. The Bertz CT molecular complexity index is 462. The van der Waals surface area contributed by atoms with Gasteiger partial charge in [-0.25, -0.2) is 4.40 Å². The molecule has 0 spiro atoms.